The molecule has 1 aliphatic heterocycles. The van der Waals surface area contributed by atoms with E-state index in [-0.39, 0.29) is 5.91 Å². The first-order chi connectivity index (χ1) is 12.1. The van der Waals surface area contributed by atoms with Crippen molar-refractivity contribution in [2.45, 2.75) is 25.0 Å². The van der Waals surface area contributed by atoms with Crippen molar-refractivity contribution in [2.24, 2.45) is 0 Å². The second-order valence-corrected chi connectivity index (χ2v) is 6.65. The predicted molar refractivity (Wildman–Crippen MR) is 94.5 cm³/mol. The van der Waals surface area contributed by atoms with Crippen LogP contribution in [0.1, 0.15) is 24.1 Å². The molecule has 2 aromatic rings. The Bertz CT molecular complexity index is 685. The largest absolute Gasteiger partial charge is 0.385 e. The van der Waals surface area contributed by atoms with Crippen LogP contribution in [0.15, 0.2) is 48.9 Å². The maximum atomic E-state index is 12.5. The first kappa shape index (κ1) is 17.5. The van der Waals surface area contributed by atoms with E-state index in [2.05, 4.69) is 9.97 Å². The maximum Gasteiger partial charge on any atom is 0.236 e. The Kier molecular flexibility index (Phi) is 5.40. The van der Waals surface area contributed by atoms with Crippen LogP contribution < -0.4 is 0 Å². The summed E-state index contributed by atoms with van der Waals surface area (Å²) < 4.78 is 0. The third kappa shape index (κ3) is 4.41. The van der Waals surface area contributed by atoms with Gasteiger partial charge in [-0.15, -0.1) is 0 Å². The zero-order chi connectivity index (χ0) is 17.7. The van der Waals surface area contributed by atoms with Gasteiger partial charge >= 0.3 is 0 Å². The first-order valence-corrected chi connectivity index (χ1v) is 8.56. The highest BCUT2D eigenvalue weighted by atomic mass is 16.3. The number of amides is 1. The molecule has 0 bridgehead atoms. The van der Waals surface area contributed by atoms with Crippen molar-refractivity contribution in [1.29, 1.82) is 0 Å². The number of piperidine rings is 1. The topological polar surface area (TPSA) is 69.6 Å². The summed E-state index contributed by atoms with van der Waals surface area (Å²) in [5, 5.41) is 10.8. The molecule has 0 radical (unpaired) electrons. The summed E-state index contributed by atoms with van der Waals surface area (Å²) in [5.74, 6) is 0.0895. The molecule has 1 fully saturated rings. The number of hydrogen-bond donors (Lipinski definition) is 1. The third-order valence-electron chi connectivity index (χ3n) is 4.71. The predicted octanol–water partition coefficient (Wildman–Crippen LogP) is 1.42. The van der Waals surface area contributed by atoms with Gasteiger partial charge in [-0.3, -0.25) is 19.7 Å². The molecule has 3 rings (SSSR count). The van der Waals surface area contributed by atoms with Gasteiger partial charge in [0.25, 0.3) is 0 Å². The number of likely N-dealkylation sites (tertiary alicyclic amines) is 1. The van der Waals surface area contributed by atoms with Crippen LogP contribution >= 0.6 is 0 Å². The molecule has 1 N–H and O–H groups in total. The lowest BCUT2D eigenvalue weighted by Crippen LogP contribution is -2.47. The molecule has 6 heteroatoms. The third-order valence-corrected chi connectivity index (χ3v) is 4.71. The Hall–Kier alpha value is -2.31. The molecule has 25 heavy (non-hydrogen) atoms. The number of rotatable bonds is 5. The Morgan fingerprint density at radius 1 is 1.24 bits per heavy atom. The number of nitrogens with zero attached hydrogens (tertiary/aromatic N) is 4. The summed E-state index contributed by atoms with van der Waals surface area (Å²) in [6.07, 6.45) is 6.23. The van der Waals surface area contributed by atoms with Gasteiger partial charge < -0.3 is 10.0 Å². The smallest absolute Gasteiger partial charge is 0.236 e. The van der Waals surface area contributed by atoms with Crippen molar-refractivity contribution >= 4 is 5.91 Å². The lowest BCUT2D eigenvalue weighted by molar-refractivity contribution is -0.136. The zero-order valence-electron chi connectivity index (χ0n) is 14.5. The lowest BCUT2D eigenvalue weighted by atomic mass is 9.85. The molecule has 0 atom stereocenters. The van der Waals surface area contributed by atoms with E-state index in [1.807, 2.05) is 47.2 Å². The molecule has 1 saturated heterocycles. The fourth-order valence-electron chi connectivity index (χ4n) is 3.21. The maximum absolute atomic E-state index is 12.5. The highest BCUT2D eigenvalue weighted by Gasteiger charge is 2.35. The zero-order valence-corrected chi connectivity index (χ0v) is 14.5. The summed E-state index contributed by atoms with van der Waals surface area (Å²) >= 11 is 0. The number of likely N-dealkylation sites (N-methyl/N-ethyl adjacent to an activating group) is 1. The van der Waals surface area contributed by atoms with E-state index >= 15 is 0 Å². The van der Waals surface area contributed by atoms with Crippen LogP contribution in [-0.2, 0) is 16.9 Å². The van der Waals surface area contributed by atoms with Crippen molar-refractivity contribution in [3.05, 3.63) is 60.2 Å². The highest BCUT2D eigenvalue weighted by molar-refractivity contribution is 5.78. The van der Waals surface area contributed by atoms with Crippen LogP contribution in [-0.4, -0.2) is 57.5 Å². The van der Waals surface area contributed by atoms with Crippen molar-refractivity contribution in [1.82, 2.24) is 19.8 Å². The van der Waals surface area contributed by atoms with Crippen LogP contribution in [0.25, 0.3) is 0 Å². The lowest BCUT2D eigenvalue weighted by Gasteiger charge is -2.38. The van der Waals surface area contributed by atoms with Gasteiger partial charge in [0.2, 0.25) is 5.91 Å². The van der Waals surface area contributed by atoms with E-state index in [0.29, 0.717) is 39.0 Å². The van der Waals surface area contributed by atoms with Gasteiger partial charge in [0.1, 0.15) is 0 Å². The van der Waals surface area contributed by atoms with E-state index in [1.165, 1.54) is 0 Å². The average molecular weight is 340 g/mol. The van der Waals surface area contributed by atoms with Crippen molar-refractivity contribution < 1.29 is 9.90 Å². The van der Waals surface area contributed by atoms with E-state index in [9.17, 15) is 9.90 Å². The molecule has 1 aliphatic rings. The highest BCUT2D eigenvalue weighted by Crippen LogP contribution is 2.32. The van der Waals surface area contributed by atoms with Crippen LogP contribution in [0.2, 0.25) is 0 Å². The number of carbonyl (C=O) groups excluding carboxylic acids is 1. The van der Waals surface area contributed by atoms with Gasteiger partial charge in [-0.05, 0) is 38.1 Å². The molecule has 0 aromatic carbocycles. The van der Waals surface area contributed by atoms with Gasteiger partial charge in [0.05, 0.1) is 17.8 Å². The molecular weight excluding hydrogens is 316 g/mol. The molecule has 0 spiro atoms. The fraction of sp³-hybridized carbons (Fsp3) is 0.421. The van der Waals surface area contributed by atoms with Gasteiger partial charge in [-0.2, -0.15) is 0 Å². The van der Waals surface area contributed by atoms with Crippen LogP contribution in [0, 0.1) is 0 Å². The number of hydrogen-bond acceptors (Lipinski definition) is 5. The van der Waals surface area contributed by atoms with Crippen molar-refractivity contribution in [3.63, 3.8) is 0 Å². The van der Waals surface area contributed by atoms with Crippen molar-refractivity contribution in [2.75, 3.05) is 26.7 Å². The number of aromatic nitrogens is 2. The van der Waals surface area contributed by atoms with Gasteiger partial charge in [0, 0.05) is 43.8 Å². The summed E-state index contributed by atoms with van der Waals surface area (Å²) in [6, 6.07) is 9.51. The van der Waals surface area contributed by atoms with Crippen molar-refractivity contribution in [3.8, 4) is 0 Å². The second kappa shape index (κ2) is 7.72. The quantitative estimate of drug-likeness (QED) is 0.891. The molecule has 0 unspecified atom stereocenters. The van der Waals surface area contributed by atoms with E-state index < -0.39 is 5.60 Å². The average Bonchev–Trinajstić information content (AvgIpc) is 2.63. The number of pyridine rings is 2. The van der Waals surface area contributed by atoms with Crippen LogP contribution in [0.5, 0.6) is 0 Å². The fourth-order valence-corrected chi connectivity index (χ4v) is 3.21. The van der Waals surface area contributed by atoms with Gasteiger partial charge in [0.15, 0.2) is 0 Å². The standard InChI is InChI=1S/C19H24N4O2/c1-22(14-17-6-2-3-10-21-17)15-18(24)23-11-7-19(25,8-12-23)16-5-4-9-20-13-16/h2-6,9-10,13,25H,7-8,11-12,14-15H2,1H3. The molecule has 132 valence electrons. The Morgan fingerprint density at radius 2 is 2.04 bits per heavy atom. The molecule has 0 saturated carbocycles. The SMILES string of the molecule is CN(CC(=O)N1CCC(O)(c2cccnc2)CC1)Cc1ccccn1. The molecule has 1 amide bonds. The van der Waals surface area contributed by atoms with Gasteiger partial charge in [-0.25, -0.2) is 0 Å². The summed E-state index contributed by atoms with van der Waals surface area (Å²) in [5.41, 5.74) is 0.891. The monoisotopic (exact) mass is 340 g/mol. The molecule has 3 heterocycles. The Morgan fingerprint density at radius 3 is 2.68 bits per heavy atom. The number of aliphatic hydroxyl groups is 1. The molecule has 2 aromatic heterocycles. The first-order valence-electron chi connectivity index (χ1n) is 8.56. The van der Waals surface area contributed by atoms with E-state index in [4.69, 9.17) is 0 Å². The molecule has 0 aliphatic carbocycles. The minimum absolute atomic E-state index is 0.0895. The number of carbonyl (C=O) groups is 1. The molecule has 6 nitrogen and oxygen atoms in total. The summed E-state index contributed by atoms with van der Waals surface area (Å²) in [4.78, 5) is 24.7. The molecular formula is C19H24N4O2. The minimum Gasteiger partial charge on any atom is -0.385 e. The van der Waals surface area contributed by atoms with Gasteiger partial charge in [-0.1, -0.05) is 12.1 Å². The normalized spacial score (nSPS) is 16.8. The van der Waals surface area contributed by atoms with E-state index in [0.717, 1.165) is 11.3 Å². The van der Waals surface area contributed by atoms with Crippen LogP contribution in [0.3, 0.4) is 0 Å². The Labute approximate surface area is 148 Å². The Balaban J connectivity index is 1.51. The summed E-state index contributed by atoms with van der Waals surface area (Å²) in [6.45, 7) is 2.10. The van der Waals surface area contributed by atoms with E-state index in [1.54, 1.807) is 18.6 Å². The minimum atomic E-state index is -0.884. The summed E-state index contributed by atoms with van der Waals surface area (Å²) in [7, 11) is 1.92. The second-order valence-electron chi connectivity index (χ2n) is 6.65. The van der Waals surface area contributed by atoms with Crippen LogP contribution in [0.4, 0.5) is 0 Å².